The molecule has 0 aliphatic heterocycles. The van der Waals surface area contributed by atoms with Gasteiger partial charge in [0.25, 0.3) is 5.89 Å². The van der Waals surface area contributed by atoms with Crippen molar-refractivity contribution in [2.45, 2.75) is 13.3 Å². The van der Waals surface area contributed by atoms with Gasteiger partial charge in [-0.3, -0.25) is 0 Å². The van der Waals surface area contributed by atoms with Gasteiger partial charge >= 0.3 is 0 Å². The number of hydrogen-bond donors (Lipinski definition) is 1. The van der Waals surface area contributed by atoms with E-state index < -0.39 is 0 Å². The van der Waals surface area contributed by atoms with Crippen molar-refractivity contribution in [2.75, 3.05) is 5.73 Å². The van der Waals surface area contributed by atoms with Gasteiger partial charge in [-0.2, -0.15) is 4.98 Å². The van der Waals surface area contributed by atoms with E-state index in [0.29, 0.717) is 23.3 Å². The van der Waals surface area contributed by atoms with Gasteiger partial charge in [0.2, 0.25) is 0 Å². The lowest BCUT2D eigenvalue weighted by molar-refractivity contribution is 0.424. The quantitative estimate of drug-likeness (QED) is 0.782. The van der Waals surface area contributed by atoms with E-state index in [-0.39, 0.29) is 0 Å². The number of nitrogens with zero attached hydrogens (tertiary/aromatic N) is 3. The van der Waals surface area contributed by atoms with Crippen LogP contribution in [0.2, 0.25) is 0 Å². The van der Waals surface area contributed by atoms with Crippen LogP contribution in [0.1, 0.15) is 17.1 Å². The number of anilines is 1. The van der Waals surface area contributed by atoms with Gasteiger partial charge in [0.1, 0.15) is 4.88 Å². The molecule has 0 unspecified atom stereocenters. The summed E-state index contributed by atoms with van der Waals surface area (Å²) < 4.78 is 6.32. The van der Waals surface area contributed by atoms with E-state index in [1.807, 2.05) is 31.2 Å². The Kier molecular flexibility index (Phi) is 3.54. The van der Waals surface area contributed by atoms with Crippen LogP contribution >= 0.6 is 27.3 Å². The van der Waals surface area contributed by atoms with Crippen molar-refractivity contribution >= 4 is 32.4 Å². The minimum atomic E-state index is 0.474. The maximum absolute atomic E-state index is 5.68. The average Bonchev–Trinajstić information content (AvgIpc) is 2.96. The number of thiazole rings is 1. The first kappa shape index (κ1) is 13.3. The Hall–Kier alpha value is -1.73. The number of aromatic nitrogens is 3. The standard InChI is InChI=1S/C13H11BrN4OS/c1-7-11(20-13(15)16-7)12-17-10(18-19-12)6-8-3-2-4-9(14)5-8/h2-5H,6H2,1H3,(H2,15,16). The first-order valence-corrected chi connectivity index (χ1v) is 7.53. The van der Waals surface area contributed by atoms with Gasteiger partial charge in [-0.05, 0) is 24.6 Å². The maximum Gasteiger partial charge on any atom is 0.270 e. The molecular weight excluding hydrogens is 340 g/mol. The second kappa shape index (κ2) is 5.34. The molecule has 0 atom stereocenters. The van der Waals surface area contributed by atoms with Crippen LogP contribution in [0.4, 0.5) is 5.13 Å². The number of aryl methyl sites for hydroxylation is 1. The third kappa shape index (κ3) is 2.73. The first-order valence-electron chi connectivity index (χ1n) is 5.92. The molecule has 1 aromatic carbocycles. The minimum absolute atomic E-state index is 0.474. The van der Waals surface area contributed by atoms with Crippen LogP contribution in [0.3, 0.4) is 0 Å². The van der Waals surface area contributed by atoms with Crippen LogP contribution in [0.25, 0.3) is 10.8 Å². The topological polar surface area (TPSA) is 77.8 Å². The van der Waals surface area contributed by atoms with E-state index in [4.69, 9.17) is 10.3 Å². The fraction of sp³-hybridized carbons (Fsp3) is 0.154. The third-order valence-electron chi connectivity index (χ3n) is 2.73. The summed E-state index contributed by atoms with van der Waals surface area (Å²) >= 11 is 4.80. The molecule has 0 radical (unpaired) electrons. The van der Waals surface area contributed by atoms with Crippen molar-refractivity contribution in [3.05, 3.63) is 45.8 Å². The van der Waals surface area contributed by atoms with Crippen molar-refractivity contribution in [3.63, 3.8) is 0 Å². The molecule has 102 valence electrons. The van der Waals surface area contributed by atoms with E-state index in [1.54, 1.807) is 0 Å². The van der Waals surface area contributed by atoms with Gasteiger partial charge in [0.15, 0.2) is 11.0 Å². The lowest BCUT2D eigenvalue weighted by Crippen LogP contribution is -1.90. The first-order chi connectivity index (χ1) is 9.61. The molecule has 0 saturated heterocycles. The summed E-state index contributed by atoms with van der Waals surface area (Å²) in [6, 6.07) is 8.02. The molecule has 0 spiro atoms. The molecule has 0 bridgehead atoms. The van der Waals surface area contributed by atoms with Crippen LogP contribution < -0.4 is 5.73 Å². The number of nitrogen functional groups attached to an aromatic ring is 1. The monoisotopic (exact) mass is 350 g/mol. The molecule has 0 fully saturated rings. The van der Waals surface area contributed by atoms with Crippen LogP contribution in [0, 0.1) is 6.92 Å². The smallest absolute Gasteiger partial charge is 0.270 e. The Labute approximate surface area is 128 Å². The number of nitrogens with two attached hydrogens (primary N) is 1. The molecule has 3 rings (SSSR count). The van der Waals surface area contributed by atoms with E-state index >= 15 is 0 Å². The molecule has 3 aromatic rings. The Balaban J connectivity index is 1.85. The largest absolute Gasteiger partial charge is 0.375 e. The zero-order chi connectivity index (χ0) is 14.1. The predicted octanol–water partition coefficient (Wildman–Crippen LogP) is 3.44. The van der Waals surface area contributed by atoms with E-state index in [0.717, 1.165) is 20.6 Å². The van der Waals surface area contributed by atoms with Gasteiger partial charge < -0.3 is 10.3 Å². The second-order valence-electron chi connectivity index (χ2n) is 4.29. The zero-order valence-electron chi connectivity index (χ0n) is 10.6. The summed E-state index contributed by atoms with van der Waals surface area (Å²) in [4.78, 5) is 9.39. The highest BCUT2D eigenvalue weighted by atomic mass is 79.9. The lowest BCUT2D eigenvalue weighted by atomic mass is 10.1. The predicted molar refractivity (Wildman–Crippen MR) is 81.5 cm³/mol. The van der Waals surface area contributed by atoms with Gasteiger partial charge in [-0.15, -0.1) is 0 Å². The van der Waals surface area contributed by atoms with Gasteiger partial charge in [-0.25, -0.2) is 4.98 Å². The van der Waals surface area contributed by atoms with Gasteiger partial charge in [-0.1, -0.05) is 44.6 Å². The highest BCUT2D eigenvalue weighted by Gasteiger charge is 2.15. The minimum Gasteiger partial charge on any atom is -0.375 e. The Morgan fingerprint density at radius 2 is 2.20 bits per heavy atom. The zero-order valence-corrected chi connectivity index (χ0v) is 13.0. The Bertz CT molecular complexity index is 752. The lowest BCUT2D eigenvalue weighted by Gasteiger charge is -1.96. The van der Waals surface area contributed by atoms with Crippen molar-refractivity contribution in [1.82, 2.24) is 15.1 Å². The summed E-state index contributed by atoms with van der Waals surface area (Å²) in [6.45, 7) is 1.88. The van der Waals surface area contributed by atoms with E-state index in [1.165, 1.54) is 11.3 Å². The van der Waals surface area contributed by atoms with Crippen molar-refractivity contribution < 1.29 is 4.52 Å². The fourth-order valence-corrected chi connectivity index (χ4v) is 3.07. The summed E-state index contributed by atoms with van der Waals surface area (Å²) in [5.41, 5.74) is 7.60. The molecule has 0 aliphatic rings. The Morgan fingerprint density at radius 1 is 1.35 bits per heavy atom. The summed E-state index contributed by atoms with van der Waals surface area (Å²) in [6.07, 6.45) is 0.621. The highest BCUT2D eigenvalue weighted by Crippen LogP contribution is 2.30. The van der Waals surface area contributed by atoms with Crippen molar-refractivity contribution in [3.8, 4) is 10.8 Å². The fourth-order valence-electron chi connectivity index (χ4n) is 1.86. The van der Waals surface area contributed by atoms with Crippen LogP contribution in [-0.4, -0.2) is 15.1 Å². The summed E-state index contributed by atoms with van der Waals surface area (Å²) in [7, 11) is 0. The molecule has 0 saturated carbocycles. The van der Waals surface area contributed by atoms with Gasteiger partial charge in [0, 0.05) is 10.9 Å². The summed E-state index contributed by atoms with van der Waals surface area (Å²) in [5, 5.41) is 4.51. The number of halogens is 1. The average molecular weight is 351 g/mol. The second-order valence-corrected chi connectivity index (χ2v) is 6.24. The van der Waals surface area contributed by atoms with Crippen LogP contribution in [0.5, 0.6) is 0 Å². The SMILES string of the molecule is Cc1nc(N)sc1-c1nc(Cc2cccc(Br)c2)no1. The number of hydrogen-bond acceptors (Lipinski definition) is 6. The molecule has 7 heteroatoms. The molecule has 20 heavy (non-hydrogen) atoms. The number of benzene rings is 1. The van der Waals surface area contributed by atoms with Crippen molar-refractivity contribution in [1.29, 1.82) is 0 Å². The molecule has 5 nitrogen and oxygen atoms in total. The third-order valence-corrected chi connectivity index (χ3v) is 4.19. The highest BCUT2D eigenvalue weighted by molar-refractivity contribution is 9.10. The molecule has 2 N–H and O–H groups in total. The maximum atomic E-state index is 5.68. The van der Waals surface area contributed by atoms with E-state index in [2.05, 4.69) is 31.1 Å². The van der Waals surface area contributed by atoms with Crippen LogP contribution in [0.15, 0.2) is 33.3 Å². The molecule has 2 aromatic heterocycles. The summed E-state index contributed by atoms with van der Waals surface area (Å²) in [5.74, 6) is 1.12. The Morgan fingerprint density at radius 3 is 2.90 bits per heavy atom. The van der Waals surface area contributed by atoms with Gasteiger partial charge in [0.05, 0.1) is 5.69 Å². The van der Waals surface area contributed by atoms with Crippen molar-refractivity contribution in [2.24, 2.45) is 0 Å². The molecular formula is C13H11BrN4OS. The normalized spacial score (nSPS) is 10.9. The molecule has 0 amide bonds. The molecule has 2 heterocycles. The number of rotatable bonds is 3. The molecule has 0 aliphatic carbocycles. The van der Waals surface area contributed by atoms with Crippen LogP contribution in [-0.2, 0) is 6.42 Å². The van der Waals surface area contributed by atoms with E-state index in [9.17, 15) is 0 Å².